The lowest BCUT2D eigenvalue weighted by Crippen LogP contribution is -2.29. The fourth-order valence-electron chi connectivity index (χ4n) is 2.50. The van der Waals surface area contributed by atoms with Crippen molar-refractivity contribution in [3.8, 4) is 0 Å². The van der Waals surface area contributed by atoms with Gasteiger partial charge < -0.3 is 10.1 Å². The molecule has 8 heteroatoms. The number of carbonyl (C=O) groups is 1. The van der Waals surface area contributed by atoms with E-state index in [1.165, 1.54) is 0 Å². The van der Waals surface area contributed by atoms with Crippen LogP contribution < -0.4 is 5.32 Å². The van der Waals surface area contributed by atoms with Crippen LogP contribution in [0.3, 0.4) is 0 Å². The van der Waals surface area contributed by atoms with Gasteiger partial charge in [-0.1, -0.05) is 24.8 Å². The van der Waals surface area contributed by atoms with Crippen LogP contribution in [-0.4, -0.2) is 33.1 Å². The molecule has 0 saturated heterocycles. The molecule has 1 N–H and O–H groups in total. The first kappa shape index (κ1) is 16.1. The van der Waals surface area contributed by atoms with Gasteiger partial charge in [0.25, 0.3) is 0 Å². The molecule has 1 unspecified atom stereocenters. The molecule has 0 amide bonds. The summed E-state index contributed by atoms with van der Waals surface area (Å²) >= 11 is 3.17. The second-order valence-electron chi connectivity index (χ2n) is 4.90. The van der Waals surface area contributed by atoms with Gasteiger partial charge in [-0.15, -0.1) is 16.4 Å². The maximum Gasteiger partial charge on any atom is 0.338 e. The van der Waals surface area contributed by atoms with Crippen molar-refractivity contribution in [1.82, 2.24) is 14.8 Å². The molecule has 0 spiro atoms. The molecule has 1 aliphatic heterocycles. The van der Waals surface area contributed by atoms with Crippen LogP contribution in [0.25, 0.3) is 0 Å². The minimum atomic E-state index is -0.318. The van der Waals surface area contributed by atoms with E-state index in [2.05, 4.69) is 22.3 Å². The minimum Gasteiger partial charge on any atom is -0.463 e. The van der Waals surface area contributed by atoms with Gasteiger partial charge in [-0.05, 0) is 31.0 Å². The van der Waals surface area contributed by atoms with Crippen molar-refractivity contribution in [2.45, 2.75) is 32.0 Å². The van der Waals surface area contributed by atoms with Crippen molar-refractivity contribution < 1.29 is 9.53 Å². The number of aromatic nitrogens is 3. The third-order valence-electron chi connectivity index (χ3n) is 3.41. The van der Waals surface area contributed by atoms with Gasteiger partial charge in [0, 0.05) is 10.6 Å². The molecule has 0 fully saturated rings. The smallest absolute Gasteiger partial charge is 0.338 e. The van der Waals surface area contributed by atoms with E-state index in [9.17, 15) is 4.79 Å². The summed E-state index contributed by atoms with van der Waals surface area (Å²) in [6.07, 6.45) is 0. The molecule has 1 aliphatic rings. The Morgan fingerprint density at radius 1 is 1.52 bits per heavy atom. The molecule has 0 aliphatic carbocycles. The van der Waals surface area contributed by atoms with Gasteiger partial charge in [-0.3, -0.25) is 0 Å². The van der Waals surface area contributed by atoms with E-state index in [4.69, 9.17) is 4.74 Å². The number of nitrogens with zero attached hydrogens (tertiary/aromatic N) is 3. The van der Waals surface area contributed by atoms with Crippen molar-refractivity contribution in [1.29, 1.82) is 0 Å². The van der Waals surface area contributed by atoms with Gasteiger partial charge in [0.15, 0.2) is 0 Å². The number of thiophene rings is 1. The van der Waals surface area contributed by atoms with E-state index in [-0.39, 0.29) is 12.0 Å². The molecule has 6 nitrogen and oxygen atoms in total. The summed E-state index contributed by atoms with van der Waals surface area (Å²) in [4.78, 5) is 18.0. The van der Waals surface area contributed by atoms with Crippen LogP contribution in [0.5, 0.6) is 0 Å². The normalized spacial score (nSPS) is 16.9. The van der Waals surface area contributed by atoms with Crippen LogP contribution in [0.2, 0.25) is 0 Å². The Morgan fingerprint density at radius 2 is 2.35 bits per heavy atom. The van der Waals surface area contributed by atoms with Crippen molar-refractivity contribution in [2.75, 3.05) is 17.7 Å². The highest BCUT2D eigenvalue weighted by Crippen LogP contribution is 2.38. The minimum absolute atomic E-state index is 0.302. The molecule has 1 atom stereocenters. The topological polar surface area (TPSA) is 69.0 Å². The molecule has 3 rings (SSSR count). The highest BCUT2D eigenvalue weighted by molar-refractivity contribution is 7.99. The van der Waals surface area contributed by atoms with Gasteiger partial charge in [-0.25, -0.2) is 9.48 Å². The highest BCUT2D eigenvalue weighted by atomic mass is 32.2. The van der Waals surface area contributed by atoms with Crippen LogP contribution >= 0.6 is 23.1 Å². The highest BCUT2D eigenvalue weighted by Gasteiger charge is 2.35. The number of carbonyl (C=O) groups excluding carboxylic acids is 1. The number of hydrogen-bond donors (Lipinski definition) is 1. The third kappa shape index (κ3) is 3.00. The predicted octanol–water partition coefficient (Wildman–Crippen LogP) is 3.30. The quantitative estimate of drug-likeness (QED) is 0.659. The van der Waals surface area contributed by atoms with Crippen LogP contribution in [-0.2, 0) is 9.53 Å². The summed E-state index contributed by atoms with van der Waals surface area (Å²) in [5.41, 5.74) is 1.34. The lowest BCUT2D eigenvalue weighted by Gasteiger charge is -2.26. The fourth-order valence-corrected chi connectivity index (χ4v) is 3.88. The number of hydrogen-bond acceptors (Lipinski definition) is 7. The molecule has 0 bridgehead atoms. The zero-order chi connectivity index (χ0) is 16.4. The Balaban J connectivity index is 2.09. The lowest BCUT2D eigenvalue weighted by atomic mass is 10.0. The zero-order valence-corrected chi connectivity index (χ0v) is 14.8. The molecule has 2 aromatic heterocycles. The maximum atomic E-state index is 12.5. The number of ether oxygens (including phenoxy) is 1. The van der Waals surface area contributed by atoms with Crippen LogP contribution in [0.15, 0.2) is 33.9 Å². The summed E-state index contributed by atoms with van der Waals surface area (Å²) in [5.74, 6) is 1.23. The zero-order valence-electron chi connectivity index (χ0n) is 13.2. The molecule has 122 valence electrons. The second-order valence-corrected chi connectivity index (χ2v) is 7.11. The second kappa shape index (κ2) is 6.76. The van der Waals surface area contributed by atoms with Crippen LogP contribution in [0.1, 0.15) is 31.7 Å². The van der Waals surface area contributed by atoms with E-state index in [1.807, 2.05) is 24.4 Å². The first-order valence-electron chi connectivity index (χ1n) is 7.43. The Labute approximate surface area is 142 Å². The molecule has 3 heterocycles. The number of allylic oxidation sites excluding steroid dienone is 1. The Kier molecular flexibility index (Phi) is 4.72. The van der Waals surface area contributed by atoms with E-state index in [1.54, 1.807) is 34.7 Å². The Hall–Kier alpha value is -1.80. The van der Waals surface area contributed by atoms with E-state index < -0.39 is 0 Å². The summed E-state index contributed by atoms with van der Waals surface area (Å²) in [6, 6.07) is 3.67. The van der Waals surface area contributed by atoms with E-state index >= 15 is 0 Å². The Morgan fingerprint density at radius 3 is 3.00 bits per heavy atom. The van der Waals surface area contributed by atoms with Crippen molar-refractivity contribution in [3.05, 3.63) is 33.7 Å². The van der Waals surface area contributed by atoms with Crippen LogP contribution in [0.4, 0.5) is 5.95 Å². The summed E-state index contributed by atoms with van der Waals surface area (Å²) in [5, 5.41) is 10.5. The Bertz CT molecular complexity index is 737. The fraction of sp³-hybridized carbons (Fsp3) is 0.400. The molecule has 2 aromatic rings. The van der Waals surface area contributed by atoms with Gasteiger partial charge in [0.1, 0.15) is 6.04 Å². The number of fused-ring (bicyclic) bond motifs is 1. The summed E-state index contributed by atoms with van der Waals surface area (Å²) < 4.78 is 7.03. The first-order valence-corrected chi connectivity index (χ1v) is 9.29. The average Bonchev–Trinajstić information content (AvgIpc) is 3.15. The largest absolute Gasteiger partial charge is 0.463 e. The number of anilines is 1. The molecular formula is C15H18N4O2S2. The number of nitrogens with one attached hydrogen (secondary N) is 1. The predicted molar refractivity (Wildman–Crippen MR) is 91.8 cm³/mol. The van der Waals surface area contributed by atoms with Gasteiger partial charge in [0.05, 0.1) is 12.2 Å². The van der Waals surface area contributed by atoms with Gasteiger partial charge in [0.2, 0.25) is 11.1 Å². The molecule has 0 radical (unpaired) electrons. The molecule has 0 aromatic carbocycles. The van der Waals surface area contributed by atoms with Crippen molar-refractivity contribution in [3.63, 3.8) is 0 Å². The van der Waals surface area contributed by atoms with Crippen LogP contribution in [0, 0.1) is 0 Å². The number of rotatable bonds is 5. The van der Waals surface area contributed by atoms with E-state index in [0.717, 1.165) is 16.3 Å². The SMILES string of the molecule is CCOC(=O)C1=C(C)Nc2nc(SCC)nn2C1c1cccs1. The summed E-state index contributed by atoms with van der Waals surface area (Å²) in [6.45, 7) is 6.08. The van der Waals surface area contributed by atoms with E-state index in [0.29, 0.717) is 23.3 Å². The lowest BCUT2D eigenvalue weighted by molar-refractivity contribution is -0.139. The number of esters is 1. The molecular weight excluding hydrogens is 332 g/mol. The monoisotopic (exact) mass is 350 g/mol. The average molecular weight is 350 g/mol. The van der Waals surface area contributed by atoms with Crippen molar-refractivity contribution in [2.24, 2.45) is 0 Å². The molecule has 0 saturated carbocycles. The van der Waals surface area contributed by atoms with Gasteiger partial charge >= 0.3 is 5.97 Å². The maximum absolute atomic E-state index is 12.5. The summed E-state index contributed by atoms with van der Waals surface area (Å²) in [7, 11) is 0. The third-order valence-corrected chi connectivity index (χ3v) is 5.06. The first-order chi connectivity index (χ1) is 11.2. The number of thioether (sulfide) groups is 1. The van der Waals surface area contributed by atoms with Gasteiger partial charge in [-0.2, -0.15) is 4.98 Å². The standard InChI is InChI=1S/C15H18N4O2S2/c1-4-21-13(20)11-9(3)16-14-17-15(22-5-2)18-19(14)12(11)10-7-6-8-23-10/h6-8,12H,4-5H2,1-3H3,(H,16,17,18). The van der Waals surface area contributed by atoms with Crippen molar-refractivity contribution >= 4 is 35.0 Å². The molecule has 23 heavy (non-hydrogen) atoms.